The normalized spacial score (nSPS) is 17.8. The Labute approximate surface area is 332 Å². The number of hydrogen-bond donors (Lipinski definition) is 0. The number of anilines is 3. The Morgan fingerprint density at radius 1 is 0.455 bits per heavy atom. The number of benzene rings is 6. The highest BCUT2D eigenvalue weighted by Crippen LogP contribution is 2.49. The topological polar surface area (TPSA) is 16.4 Å². The zero-order chi connectivity index (χ0) is 38.5. The summed E-state index contributed by atoms with van der Waals surface area (Å²) in [5.74, 6) is 0. The van der Waals surface area contributed by atoms with Crippen LogP contribution in [0.15, 0.2) is 126 Å². The van der Waals surface area contributed by atoms with Crippen LogP contribution in [0.1, 0.15) is 103 Å². The number of halogens is 1. The highest BCUT2D eigenvalue weighted by Gasteiger charge is 2.38. The van der Waals surface area contributed by atoms with Crippen molar-refractivity contribution in [3.63, 3.8) is 0 Å². The summed E-state index contributed by atoms with van der Waals surface area (Å²) in [5.41, 5.74) is 16.2. The SMILES string of the molecule is CC1(C)CCC(C)(C)c2cc(-c3ccc(N(c4ccc(-c5ccc6c(c5)C(C)(C)CCC6(C)C)cc4)c4cc(Cl)cc5c4oc4ccccc45)cc3)ccc21. The molecule has 2 aliphatic rings. The Hall–Kier alpha value is -4.79. The Morgan fingerprint density at radius 2 is 0.891 bits per heavy atom. The molecule has 0 radical (unpaired) electrons. The van der Waals surface area contributed by atoms with Crippen LogP contribution in [0.4, 0.5) is 17.1 Å². The summed E-state index contributed by atoms with van der Waals surface area (Å²) in [6, 6.07) is 44.5. The largest absolute Gasteiger partial charge is 0.454 e. The second-order valence-corrected chi connectivity index (χ2v) is 19.3. The predicted molar refractivity (Wildman–Crippen MR) is 235 cm³/mol. The standard InChI is InChI=1S/C52H52ClNO/c1-49(2)25-27-51(5,6)44-29-35(17-23-42(44)49)33-13-19-38(20-14-33)54(46-32-37(53)31-41-40-11-9-10-12-47(40)55-48(41)46)39-21-15-34(16-22-39)36-18-24-43-45(30-36)52(7,8)28-26-50(43,3)4/h9-24,29-32H,25-28H2,1-8H3. The molecule has 0 bridgehead atoms. The van der Waals surface area contributed by atoms with Crippen molar-refractivity contribution in [2.75, 3.05) is 4.90 Å². The van der Waals surface area contributed by atoms with Gasteiger partial charge in [0.15, 0.2) is 5.58 Å². The number of fused-ring (bicyclic) bond motifs is 5. The maximum Gasteiger partial charge on any atom is 0.159 e. The molecular weight excluding hydrogens is 690 g/mol. The van der Waals surface area contributed by atoms with Gasteiger partial charge in [-0.3, -0.25) is 0 Å². The van der Waals surface area contributed by atoms with Gasteiger partial charge in [-0.05, 0) is 134 Å². The third-order valence-corrected chi connectivity index (χ3v) is 13.5. The first kappa shape index (κ1) is 35.9. The average Bonchev–Trinajstić information content (AvgIpc) is 3.54. The molecule has 2 nitrogen and oxygen atoms in total. The highest BCUT2D eigenvalue weighted by atomic mass is 35.5. The Kier molecular flexibility index (Phi) is 8.23. The molecule has 1 heterocycles. The lowest BCUT2D eigenvalue weighted by atomic mass is 9.63. The first-order valence-electron chi connectivity index (χ1n) is 20.0. The minimum absolute atomic E-state index is 0.153. The summed E-state index contributed by atoms with van der Waals surface area (Å²) in [4.78, 5) is 2.29. The number of para-hydroxylation sites is 1. The summed E-state index contributed by atoms with van der Waals surface area (Å²) in [7, 11) is 0. The van der Waals surface area contributed by atoms with Crippen LogP contribution in [0.25, 0.3) is 44.2 Å². The van der Waals surface area contributed by atoms with Gasteiger partial charge in [0.05, 0.1) is 5.69 Å². The third kappa shape index (κ3) is 6.09. The Morgan fingerprint density at radius 3 is 1.38 bits per heavy atom. The fourth-order valence-corrected chi connectivity index (χ4v) is 9.72. The molecular formula is C52H52ClNO. The lowest BCUT2D eigenvalue weighted by molar-refractivity contribution is 0.332. The van der Waals surface area contributed by atoms with Gasteiger partial charge in [-0.2, -0.15) is 0 Å². The van der Waals surface area contributed by atoms with Crippen LogP contribution in [0.2, 0.25) is 5.02 Å². The van der Waals surface area contributed by atoms with E-state index < -0.39 is 0 Å². The van der Waals surface area contributed by atoms with E-state index in [-0.39, 0.29) is 21.7 Å². The molecule has 7 aromatic rings. The fraction of sp³-hybridized carbons (Fsp3) is 0.308. The van der Waals surface area contributed by atoms with E-state index in [4.69, 9.17) is 16.0 Å². The molecule has 0 fully saturated rings. The predicted octanol–water partition coefficient (Wildman–Crippen LogP) is 15.7. The van der Waals surface area contributed by atoms with Gasteiger partial charge in [-0.15, -0.1) is 0 Å². The molecule has 0 saturated carbocycles. The molecule has 0 aliphatic heterocycles. The van der Waals surface area contributed by atoms with Crippen molar-refractivity contribution in [2.24, 2.45) is 0 Å². The lowest BCUT2D eigenvalue weighted by Gasteiger charge is -2.42. The maximum absolute atomic E-state index is 6.94. The molecule has 1 aromatic heterocycles. The van der Waals surface area contributed by atoms with E-state index in [1.54, 1.807) is 0 Å². The van der Waals surface area contributed by atoms with Gasteiger partial charge in [0.1, 0.15) is 5.58 Å². The van der Waals surface area contributed by atoms with Crippen molar-refractivity contribution in [3.05, 3.63) is 149 Å². The first-order valence-corrected chi connectivity index (χ1v) is 20.4. The van der Waals surface area contributed by atoms with Crippen molar-refractivity contribution in [2.45, 2.75) is 103 Å². The number of hydrogen-bond acceptors (Lipinski definition) is 2. The third-order valence-electron chi connectivity index (χ3n) is 13.3. The highest BCUT2D eigenvalue weighted by molar-refractivity contribution is 6.32. The first-order chi connectivity index (χ1) is 26.1. The van der Waals surface area contributed by atoms with Gasteiger partial charge in [0.2, 0.25) is 0 Å². The van der Waals surface area contributed by atoms with E-state index in [1.165, 1.54) is 70.2 Å². The summed E-state index contributed by atoms with van der Waals surface area (Å²) in [5, 5.41) is 2.74. The van der Waals surface area contributed by atoms with Crippen LogP contribution in [-0.2, 0) is 21.7 Å². The average molecular weight is 742 g/mol. The minimum Gasteiger partial charge on any atom is -0.454 e. The lowest BCUT2D eigenvalue weighted by Crippen LogP contribution is -2.33. The van der Waals surface area contributed by atoms with Gasteiger partial charge in [-0.1, -0.05) is 146 Å². The number of furan rings is 1. The zero-order valence-corrected chi connectivity index (χ0v) is 34.4. The Bertz CT molecular complexity index is 2480. The Balaban J connectivity index is 1.15. The fourth-order valence-electron chi connectivity index (χ4n) is 9.51. The molecule has 278 valence electrons. The van der Waals surface area contributed by atoms with E-state index in [1.807, 2.05) is 24.3 Å². The van der Waals surface area contributed by atoms with E-state index in [2.05, 4.69) is 157 Å². The van der Waals surface area contributed by atoms with Crippen LogP contribution < -0.4 is 4.90 Å². The molecule has 3 heteroatoms. The minimum atomic E-state index is 0.153. The van der Waals surface area contributed by atoms with Crippen LogP contribution in [0, 0.1) is 0 Å². The van der Waals surface area contributed by atoms with E-state index in [9.17, 15) is 0 Å². The van der Waals surface area contributed by atoms with Gasteiger partial charge >= 0.3 is 0 Å². The van der Waals surface area contributed by atoms with Crippen molar-refractivity contribution in [1.82, 2.24) is 0 Å². The van der Waals surface area contributed by atoms with E-state index in [0.717, 1.165) is 39.0 Å². The molecule has 6 aromatic carbocycles. The quantitative estimate of drug-likeness (QED) is 0.175. The van der Waals surface area contributed by atoms with Crippen LogP contribution in [0.5, 0.6) is 0 Å². The van der Waals surface area contributed by atoms with E-state index >= 15 is 0 Å². The molecule has 0 atom stereocenters. The summed E-state index contributed by atoms with van der Waals surface area (Å²) >= 11 is 6.94. The zero-order valence-electron chi connectivity index (χ0n) is 33.6. The van der Waals surface area contributed by atoms with Gasteiger partial charge in [-0.25, -0.2) is 0 Å². The van der Waals surface area contributed by atoms with Gasteiger partial charge in [0.25, 0.3) is 0 Å². The second kappa shape index (κ2) is 12.6. The molecule has 0 N–H and O–H groups in total. The van der Waals surface area contributed by atoms with Crippen LogP contribution >= 0.6 is 11.6 Å². The molecule has 9 rings (SSSR count). The molecule has 0 spiro atoms. The van der Waals surface area contributed by atoms with E-state index in [0.29, 0.717) is 5.02 Å². The summed E-state index contributed by atoms with van der Waals surface area (Å²) < 4.78 is 6.63. The molecule has 2 aliphatic carbocycles. The number of nitrogens with zero attached hydrogens (tertiary/aromatic N) is 1. The van der Waals surface area contributed by atoms with Crippen molar-refractivity contribution < 1.29 is 4.42 Å². The molecule has 0 saturated heterocycles. The maximum atomic E-state index is 6.94. The summed E-state index contributed by atoms with van der Waals surface area (Å²) in [6.45, 7) is 19.1. The van der Waals surface area contributed by atoms with Gasteiger partial charge < -0.3 is 9.32 Å². The van der Waals surface area contributed by atoms with Crippen molar-refractivity contribution in [1.29, 1.82) is 0 Å². The summed E-state index contributed by atoms with van der Waals surface area (Å²) in [6.07, 6.45) is 4.82. The number of rotatable bonds is 5. The second-order valence-electron chi connectivity index (χ2n) is 18.9. The van der Waals surface area contributed by atoms with Crippen molar-refractivity contribution >= 4 is 50.6 Å². The monoisotopic (exact) mass is 741 g/mol. The van der Waals surface area contributed by atoms with Gasteiger partial charge in [0, 0.05) is 27.2 Å². The van der Waals surface area contributed by atoms with Crippen LogP contribution in [-0.4, -0.2) is 0 Å². The molecule has 0 amide bonds. The molecule has 55 heavy (non-hydrogen) atoms. The smallest absolute Gasteiger partial charge is 0.159 e. The molecule has 0 unspecified atom stereocenters. The van der Waals surface area contributed by atoms with Crippen LogP contribution in [0.3, 0.4) is 0 Å². The van der Waals surface area contributed by atoms with Crippen molar-refractivity contribution in [3.8, 4) is 22.3 Å².